The number of ether oxygens (including phenoxy) is 3. The van der Waals surface area contributed by atoms with Crippen molar-refractivity contribution in [1.29, 1.82) is 0 Å². The van der Waals surface area contributed by atoms with Crippen LogP contribution in [0.3, 0.4) is 0 Å². The van der Waals surface area contributed by atoms with Gasteiger partial charge in [0.15, 0.2) is 11.5 Å². The van der Waals surface area contributed by atoms with Gasteiger partial charge in [-0.2, -0.15) is 0 Å². The van der Waals surface area contributed by atoms with Gasteiger partial charge in [-0.25, -0.2) is 0 Å². The summed E-state index contributed by atoms with van der Waals surface area (Å²) in [5.41, 5.74) is 0. The molecule has 5 nitrogen and oxygen atoms in total. The van der Waals surface area contributed by atoms with Gasteiger partial charge < -0.3 is 14.2 Å². The number of benzene rings is 2. The summed E-state index contributed by atoms with van der Waals surface area (Å²) < 4.78 is 15.3. The average molecular weight is 335 g/mol. The maximum Gasteiger partial charge on any atom is 0.311 e. The molecule has 2 aromatic rings. The molecule has 0 radical (unpaired) electrons. The Bertz CT molecular complexity index is 699. The van der Waals surface area contributed by atoms with Crippen molar-refractivity contribution in [1.82, 2.24) is 0 Å². The predicted molar refractivity (Wildman–Crippen MR) is 85.0 cm³/mol. The molecule has 0 spiro atoms. The van der Waals surface area contributed by atoms with Crippen LogP contribution in [0.4, 0.5) is 0 Å². The van der Waals surface area contributed by atoms with Crippen molar-refractivity contribution in [3.05, 3.63) is 53.6 Å². The topological polar surface area (TPSA) is 61.8 Å². The standard InChI is InChI=1S/C17H15ClO5/c1-21-14-7-2-3-8-15(14)23-17(20)10-9-16(19)22-13-6-4-5-12(18)11-13/h2-8,11H,9-10H2,1H3. The van der Waals surface area contributed by atoms with Crippen LogP contribution in [0, 0.1) is 0 Å². The van der Waals surface area contributed by atoms with Gasteiger partial charge in [0, 0.05) is 5.02 Å². The molecule has 0 atom stereocenters. The maximum absolute atomic E-state index is 11.8. The van der Waals surface area contributed by atoms with Crippen LogP contribution in [0.15, 0.2) is 48.5 Å². The lowest BCUT2D eigenvalue weighted by Gasteiger charge is -2.08. The molecule has 0 amide bonds. The van der Waals surface area contributed by atoms with Crippen molar-refractivity contribution < 1.29 is 23.8 Å². The number of carbonyl (C=O) groups excluding carboxylic acids is 2. The van der Waals surface area contributed by atoms with Gasteiger partial charge in [0.25, 0.3) is 0 Å². The molecule has 0 bridgehead atoms. The summed E-state index contributed by atoms with van der Waals surface area (Å²) in [6, 6.07) is 13.2. The Morgan fingerprint density at radius 3 is 2.22 bits per heavy atom. The van der Waals surface area contributed by atoms with E-state index in [4.69, 9.17) is 25.8 Å². The van der Waals surface area contributed by atoms with Crippen LogP contribution in [0.5, 0.6) is 17.2 Å². The molecule has 0 saturated heterocycles. The predicted octanol–water partition coefficient (Wildman–Crippen LogP) is 3.64. The Morgan fingerprint density at radius 1 is 0.913 bits per heavy atom. The first-order chi connectivity index (χ1) is 11.1. The minimum Gasteiger partial charge on any atom is -0.493 e. The van der Waals surface area contributed by atoms with Crippen LogP contribution >= 0.6 is 11.6 Å². The first-order valence-corrected chi connectivity index (χ1v) is 7.26. The molecule has 120 valence electrons. The molecule has 0 N–H and O–H groups in total. The lowest BCUT2D eigenvalue weighted by molar-refractivity contribution is -0.140. The summed E-state index contributed by atoms with van der Waals surface area (Å²) in [6.07, 6.45) is -0.196. The number of hydrogen-bond donors (Lipinski definition) is 0. The van der Waals surface area contributed by atoms with Gasteiger partial charge in [0.05, 0.1) is 20.0 Å². The smallest absolute Gasteiger partial charge is 0.311 e. The quantitative estimate of drug-likeness (QED) is 0.596. The number of para-hydroxylation sites is 2. The Balaban J connectivity index is 1.83. The third-order valence-corrected chi connectivity index (χ3v) is 3.09. The maximum atomic E-state index is 11.8. The van der Waals surface area contributed by atoms with Crippen molar-refractivity contribution in [2.75, 3.05) is 7.11 Å². The molecule has 0 unspecified atom stereocenters. The fourth-order valence-electron chi connectivity index (χ4n) is 1.79. The van der Waals surface area contributed by atoms with Crippen LogP contribution in [0.2, 0.25) is 5.02 Å². The summed E-state index contributed by atoms with van der Waals surface area (Å²) in [5.74, 6) is 0.00736. The van der Waals surface area contributed by atoms with E-state index in [9.17, 15) is 9.59 Å². The third kappa shape index (κ3) is 5.30. The molecule has 2 rings (SSSR count). The van der Waals surface area contributed by atoms with Crippen LogP contribution in [0.1, 0.15) is 12.8 Å². The molecule has 0 aromatic heterocycles. The molecule has 0 saturated carbocycles. The highest BCUT2D eigenvalue weighted by molar-refractivity contribution is 6.30. The number of esters is 2. The zero-order valence-electron chi connectivity index (χ0n) is 12.5. The minimum atomic E-state index is -0.544. The summed E-state index contributed by atoms with van der Waals surface area (Å²) in [5, 5.41) is 0.464. The molecule has 0 aliphatic carbocycles. The summed E-state index contributed by atoms with van der Waals surface area (Å²) in [6.45, 7) is 0. The Labute approximate surface area is 138 Å². The van der Waals surface area contributed by atoms with E-state index in [0.29, 0.717) is 22.3 Å². The van der Waals surface area contributed by atoms with E-state index in [1.165, 1.54) is 13.2 Å². The normalized spacial score (nSPS) is 10.0. The van der Waals surface area contributed by atoms with Crippen molar-refractivity contribution in [2.45, 2.75) is 12.8 Å². The number of rotatable bonds is 6. The van der Waals surface area contributed by atoms with Crippen LogP contribution in [-0.4, -0.2) is 19.0 Å². The highest BCUT2D eigenvalue weighted by atomic mass is 35.5. The second-order valence-electron chi connectivity index (χ2n) is 4.56. The van der Waals surface area contributed by atoms with E-state index in [2.05, 4.69) is 0 Å². The third-order valence-electron chi connectivity index (χ3n) is 2.85. The van der Waals surface area contributed by atoms with E-state index in [1.54, 1.807) is 42.5 Å². The molecule has 23 heavy (non-hydrogen) atoms. The van der Waals surface area contributed by atoms with Crippen LogP contribution < -0.4 is 14.2 Å². The Hall–Kier alpha value is -2.53. The molecule has 6 heteroatoms. The molecule has 0 fully saturated rings. The largest absolute Gasteiger partial charge is 0.493 e. The van der Waals surface area contributed by atoms with Gasteiger partial charge >= 0.3 is 11.9 Å². The highest BCUT2D eigenvalue weighted by Gasteiger charge is 2.13. The van der Waals surface area contributed by atoms with E-state index in [0.717, 1.165) is 0 Å². The zero-order chi connectivity index (χ0) is 16.7. The summed E-state index contributed by atoms with van der Waals surface area (Å²) in [4.78, 5) is 23.5. The molecular formula is C17H15ClO5. The molecule has 0 aliphatic rings. The molecule has 0 heterocycles. The van der Waals surface area contributed by atoms with E-state index < -0.39 is 11.9 Å². The van der Waals surface area contributed by atoms with Gasteiger partial charge in [0.1, 0.15) is 5.75 Å². The number of carbonyl (C=O) groups is 2. The van der Waals surface area contributed by atoms with Crippen molar-refractivity contribution in [3.8, 4) is 17.2 Å². The second kappa shape index (κ2) is 8.19. The SMILES string of the molecule is COc1ccccc1OC(=O)CCC(=O)Oc1cccc(Cl)c1. The van der Waals surface area contributed by atoms with Gasteiger partial charge in [-0.05, 0) is 30.3 Å². The molecule has 0 aliphatic heterocycles. The van der Waals surface area contributed by atoms with Gasteiger partial charge in [-0.15, -0.1) is 0 Å². The summed E-state index contributed by atoms with van der Waals surface area (Å²) >= 11 is 5.80. The van der Waals surface area contributed by atoms with Crippen LogP contribution in [-0.2, 0) is 9.59 Å². The molecule has 2 aromatic carbocycles. The molecular weight excluding hydrogens is 320 g/mol. The van der Waals surface area contributed by atoms with E-state index in [-0.39, 0.29) is 12.8 Å². The fourth-order valence-corrected chi connectivity index (χ4v) is 1.97. The number of hydrogen-bond acceptors (Lipinski definition) is 5. The highest BCUT2D eigenvalue weighted by Crippen LogP contribution is 2.26. The number of halogens is 1. The Kier molecular flexibility index (Phi) is 6.00. The van der Waals surface area contributed by atoms with Gasteiger partial charge in [-0.1, -0.05) is 29.8 Å². The van der Waals surface area contributed by atoms with E-state index in [1.807, 2.05) is 0 Å². The Morgan fingerprint density at radius 2 is 1.57 bits per heavy atom. The van der Waals surface area contributed by atoms with Crippen molar-refractivity contribution >= 4 is 23.5 Å². The number of methoxy groups -OCH3 is 1. The first-order valence-electron chi connectivity index (χ1n) is 6.88. The van der Waals surface area contributed by atoms with Crippen molar-refractivity contribution in [3.63, 3.8) is 0 Å². The monoisotopic (exact) mass is 334 g/mol. The zero-order valence-corrected chi connectivity index (χ0v) is 13.2. The summed E-state index contributed by atoms with van der Waals surface area (Å²) in [7, 11) is 1.48. The van der Waals surface area contributed by atoms with E-state index >= 15 is 0 Å². The fraction of sp³-hybridized carbons (Fsp3) is 0.176. The van der Waals surface area contributed by atoms with Crippen molar-refractivity contribution in [2.24, 2.45) is 0 Å². The second-order valence-corrected chi connectivity index (χ2v) is 4.99. The van der Waals surface area contributed by atoms with Gasteiger partial charge in [-0.3, -0.25) is 9.59 Å². The van der Waals surface area contributed by atoms with Crippen LogP contribution in [0.25, 0.3) is 0 Å². The minimum absolute atomic E-state index is 0.0967. The lowest BCUT2D eigenvalue weighted by Crippen LogP contribution is -2.14. The lowest BCUT2D eigenvalue weighted by atomic mass is 10.3. The van der Waals surface area contributed by atoms with Gasteiger partial charge in [0.2, 0.25) is 0 Å². The average Bonchev–Trinajstić information content (AvgIpc) is 2.53. The first kappa shape index (κ1) is 16.8.